The van der Waals surface area contributed by atoms with Crippen molar-refractivity contribution in [2.45, 2.75) is 19.9 Å². The van der Waals surface area contributed by atoms with Crippen molar-refractivity contribution in [3.8, 4) is 11.5 Å². The lowest BCUT2D eigenvalue weighted by atomic mass is 9.96. The predicted octanol–water partition coefficient (Wildman–Crippen LogP) is 1.45. The van der Waals surface area contributed by atoms with Gasteiger partial charge in [-0.3, -0.25) is 4.79 Å². The van der Waals surface area contributed by atoms with Crippen molar-refractivity contribution < 1.29 is 14.3 Å². The van der Waals surface area contributed by atoms with Crippen LogP contribution in [0.15, 0.2) is 18.2 Å². The molecule has 2 aliphatic heterocycles. The highest BCUT2D eigenvalue weighted by Crippen LogP contribution is 2.34. The Hall–Kier alpha value is -1.75. The van der Waals surface area contributed by atoms with E-state index in [2.05, 4.69) is 17.6 Å². The average molecular weight is 276 g/mol. The van der Waals surface area contributed by atoms with E-state index >= 15 is 0 Å². The number of fused-ring (bicyclic) bond motifs is 1. The third-order valence-corrected chi connectivity index (χ3v) is 4.11. The molecular formula is C15H20N2O3. The lowest BCUT2D eigenvalue weighted by Gasteiger charge is -2.19. The summed E-state index contributed by atoms with van der Waals surface area (Å²) in [7, 11) is 0. The van der Waals surface area contributed by atoms with E-state index in [0.29, 0.717) is 5.92 Å². The van der Waals surface area contributed by atoms with Gasteiger partial charge in [0.15, 0.2) is 11.5 Å². The fourth-order valence-electron chi connectivity index (χ4n) is 2.75. The lowest BCUT2D eigenvalue weighted by Crippen LogP contribution is -2.35. The van der Waals surface area contributed by atoms with E-state index in [1.165, 1.54) is 0 Å². The Kier molecular flexibility index (Phi) is 3.53. The van der Waals surface area contributed by atoms with Crippen LogP contribution in [0.3, 0.4) is 0 Å². The molecule has 0 aliphatic carbocycles. The summed E-state index contributed by atoms with van der Waals surface area (Å²) < 4.78 is 10.7. The Morgan fingerprint density at radius 3 is 2.90 bits per heavy atom. The first-order chi connectivity index (χ1) is 9.65. The second-order valence-electron chi connectivity index (χ2n) is 5.59. The highest BCUT2D eigenvalue weighted by atomic mass is 16.7. The second kappa shape index (κ2) is 5.32. The minimum Gasteiger partial charge on any atom is -0.454 e. The fraction of sp³-hybridized carbons (Fsp3) is 0.533. The van der Waals surface area contributed by atoms with Crippen LogP contribution in [0, 0.1) is 11.8 Å². The first kappa shape index (κ1) is 13.2. The molecular weight excluding hydrogens is 256 g/mol. The number of nitrogens with one attached hydrogen (secondary N) is 2. The van der Waals surface area contributed by atoms with Crippen molar-refractivity contribution in [3.05, 3.63) is 23.8 Å². The minimum absolute atomic E-state index is 0.0372. The van der Waals surface area contributed by atoms with Gasteiger partial charge in [-0.05, 0) is 37.1 Å². The van der Waals surface area contributed by atoms with Crippen LogP contribution in [0.2, 0.25) is 0 Å². The fourth-order valence-corrected chi connectivity index (χ4v) is 2.75. The predicted molar refractivity (Wildman–Crippen MR) is 74.6 cm³/mol. The Morgan fingerprint density at radius 1 is 1.35 bits per heavy atom. The van der Waals surface area contributed by atoms with Gasteiger partial charge in [0.1, 0.15) is 0 Å². The van der Waals surface area contributed by atoms with Crippen molar-refractivity contribution in [3.63, 3.8) is 0 Å². The summed E-state index contributed by atoms with van der Waals surface area (Å²) in [5.74, 6) is 2.08. The van der Waals surface area contributed by atoms with Crippen molar-refractivity contribution in [1.82, 2.24) is 10.6 Å². The molecule has 0 aromatic heterocycles. The van der Waals surface area contributed by atoms with Gasteiger partial charge in [0, 0.05) is 6.54 Å². The molecule has 2 aliphatic rings. The Morgan fingerprint density at radius 2 is 2.15 bits per heavy atom. The standard InChI is InChI=1S/C15H20N2O3/c1-9-6-16-7-12(9)15(18)17-10(2)11-3-4-13-14(5-11)20-8-19-13/h3-5,9-10,12,16H,6-8H2,1-2H3,(H,17,18). The van der Waals surface area contributed by atoms with Gasteiger partial charge in [-0.25, -0.2) is 0 Å². The number of carbonyl (C=O) groups excluding carboxylic acids is 1. The normalized spacial score (nSPS) is 25.5. The molecule has 3 unspecified atom stereocenters. The zero-order valence-electron chi connectivity index (χ0n) is 11.8. The van der Waals surface area contributed by atoms with Gasteiger partial charge in [0.25, 0.3) is 0 Å². The van der Waals surface area contributed by atoms with Crippen molar-refractivity contribution in [2.75, 3.05) is 19.9 Å². The summed E-state index contributed by atoms with van der Waals surface area (Å²) in [5.41, 5.74) is 1.03. The molecule has 3 rings (SSSR count). The molecule has 5 nitrogen and oxygen atoms in total. The highest BCUT2D eigenvalue weighted by molar-refractivity contribution is 5.80. The van der Waals surface area contributed by atoms with Gasteiger partial charge in [-0.1, -0.05) is 13.0 Å². The molecule has 2 heterocycles. The van der Waals surface area contributed by atoms with Crippen LogP contribution in [0.5, 0.6) is 11.5 Å². The molecule has 3 atom stereocenters. The summed E-state index contributed by atoms with van der Waals surface area (Å²) in [4.78, 5) is 12.3. The number of ether oxygens (including phenoxy) is 2. The molecule has 108 valence electrons. The Labute approximate surface area is 118 Å². The molecule has 2 N–H and O–H groups in total. The Balaban J connectivity index is 1.67. The molecule has 0 spiro atoms. The lowest BCUT2D eigenvalue weighted by molar-refractivity contribution is -0.126. The molecule has 1 aromatic carbocycles. The number of hydrogen-bond donors (Lipinski definition) is 2. The number of carbonyl (C=O) groups is 1. The van der Waals surface area contributed by atoms with Crippen LogP contribution < -0.4 is 20.1 Å². The van der Waals surface area contributed by atoms with E-state index in [1.54, 1.807) is 0 Å². The topological polar surface area (TPSA) is 59.6 Å². The van der Waals surface area contributed by atoms with E-state index in [0.717, 1.165) is 30.2 Å². The summed E-state index contributed by atoms with van der Waals surface area (Å²) in [6.45, 7) is 6.04. The van der Waals surface area contributed by atoms with Crippen LogP contribution in [-0.2, 0) is 4.79 Å². The van der Waals surface area contributed by atoms with E-state index in [-0.39, 0.29) is 24.7 Å². The maximum Gasteiger partial charge on any atom is 0.231 e. The number of benzene rings is 1. The van der Waals surface area contributed by atoms with Crippen molar-refractivity contribution in [2.24, 2.45) is 11.8 Å². The monoisotopic (exact) mass is 276 g/mol. The van der Waals surface area contributed by atoms with Gasteiger partial charge >= 0.3 is 0 Å². The summed E-state index contributed by atoms with van der Waals surface area (Å²) >= 11 is 0. The second-order valence-corrected chi connectivity index (χ2v) is 5.59. The first-order valence-electron chi connectivity index (χ1n) is 7.06. The molecule has 1 aromatic rings. The number of hydrogen-bond acceptors (Lipinski definition) is 4. The Bertz CT molecular complexity index is 518. The zero-order valence-corrected chi connectivity index (χ0v) is 11.8. The maximum absolute atomic E-state index is 12.3. The SMILES string of the molecule is CC(NC(=O)C1CNCC1C)c1ccc2c(c1)OCO2. The minimum atomic E-state index is -0.0372. The van der Waals surface area contributed by atoms with Gasteiger partial charge in [0.05, 0.1) is 12.0 Å². The molecule has 1 fully saturated rings. The first-order valence-corrected chi connectivity index (χ1v) is 7.06. The molecule has 20 heavy (non-hydrogen) atoms. The van der Waals surface area contributed by atoms with Gasteiger partial charge in [0.2, 0.25) is 12.7 Å². The molecule has 0 radical (unpaired) electrons. The van der Waals surface area contributed by atoms with Gasteiger partial charge in [-0.2, -0.15) is 0 Å². The highest BCUT2D eigenvalue weighted by Gasteiger charge is 2.30. The largest absolute Gasteiger partial charge is 0.454 e. The quantitative estimate of drug-likeness (QED) is 0.877. The third kappa shape index (κ3) is 2.45. The van der Waals surface area contributed by atoms with Crippen LogP contribution in [0.4, 0.5) is 0 Å². The smallest absolute Gasteiger partial charge is 0.231 e. The maximum atomic E-state index is 12.3. The van der Waals surface area contributed by atoms with E-state index < -0.39 is 0 Å². The van der Waals surface area contributed by atoms with E-state index in [9.17, 15) is 4.79 Å². The molecule has 1 saturated heterocycles. The van der Waals surface area contributed by atoms with Crippen molar-refractivity contribution in [1.29, 1.82) is 0 Å². The molecule has 5 heteroatoms. The van der Waals surface area contributed by atoms with Gasteiger partial charge < -0.3 is 20.1 Å². The number of rotatable bonds is 3. The zero-order chi connectivity index (χ0) is 14.1. The van der Waals surface area contributed by atoms with Gasteiger partial charge in [-0.15, -0.1) is 0 Å². The van der Waals surface area contributed by atoms with Crippen molar-refractivity contribution >= 4 is 5.91 Å². The molecule has 1 amide bonds. The molecule has 0 bridgehead atoms. The van der Waals surface area contributed by atoms with E-state index in [1.807, 2.05) is 25.1 Å². The van der Waals surface area contributed by atoms with Crippen LogP contribution >= 0.6 is 0 Å². The summed E-state index contributed by atoms with van der Waals surface area (Å²) in [6.07, 6.45) is 0. The molecule has 0 saturated carbocycles. The number of amides is 1. The summed E-state index contributed by atoms with van der Waals surface area (Å²) in [5, 5.41) is 6.34. The van der Waals surface area contributed by atoms with Crippen LogP contribution in [0.1, 0.15) is 25.5 Å². The van der Waals surface area contributed by atoms with Crippen LogP contribution in [-0.4, -0.2) is 25.8 Å². The van der Waals surface area contributed by atoms with Crippen LogP contribution in [0.25, 0.3) is 0 Å². The van der Waals surface area contributed by atoms with E-state index in [4.69, 9.17) is 9.47 Å². The average Bonchev–Trinajstić information content (AvgIpc) is 3.05. The summed E-state index contributed by atoms with van der Waals surface area (Å²) in [6, 6.07) is 5.75. The third-order valence-electron chi connectivity index (χ3n) is 4.11.